The van der Waals surface area contributed by atoms with Crippen molar-refractivity contribution in [2.75, 3.05) is 0 Å². The summed E-state index contributed by atoms with van der Waals surface area (Å²) in [6.45, 7) is 11.4. The second-order valence-corrected chi connectivity index (χ2v) is 9.77. The molecule has 1 aromatic rings. The minimum absolute atomic E-state index is 0.362. The van der Waals surface area contributed by atoms with Gasteiger partial charge in [0.2, 0.25) is 0 Å². The van der Waals surface area contributed by atoms with Crippen LogP contribution in [0.4, 0.5) is 0 Å². The summed E-state index contributed by atoms with van der Waals surface area (Å²) >= 11 is 0. The molecule has 0 saturated heterocycles. The van der Waals surface area contributed by atoms with E-state index in [9.17, 15) is 9.90 Å². The summed E-state index contributed by atoms with van der Waals surface area (Å²) in [4.78, 5) is 11.3. The van der Waals surface area contributed by atoms with E-state index < -0.39 is 5.97 Å². The Morgan fingerprint density at radius 3 is 1.88 bits per heavy atom. The number of carboxylic acid groups (broad SMARTS) is 1. The largest absolute Gasteiger partial charge is 0.481 e. The lowest BCUT2D eigenvalue weighted by Crippen LogP contribution is -2.14. The van der Waals surface area contributed by atoms with E-state index in [1.54, 1.807) is 0 Å². The van der Waals surface area contributed by atoms with Crippen molar-refractivity contribution in [1.29, 1.82) is 0 Å². The third-order valence-electron chi connectivity index (χ3n) is 6.10. The molecule has 1 N–H and O–H groups in total. The third kappa shape index (κ3) is 6.14. The van der Waals surface area contributed by atoms with Crippen LogP contribution in [-0.4, -0.2) is 11.1 Å². The Bertz CT molecular complexity index is 618. The number of carboxylic acids is 1. The van der Waals surface area contributed by atoms with Crippen LogP contribution in [-0.2, 0) is 17.6 Å². The lowest BCUT2D eigenvalue weighted by Gasteiger charge is -2.18. The highest BCUT2D eigenvalue weighted by molar-refractivity contribution is 5.77. The van der Waals surface area contributed by atoms with Gasteiger partial charge < -0.3 is 5.11 Å². The van der Waals surface area contributed by atoms with Crippen LogP contribution in [0.2, 0.25) is 0 Å². The van der Waals surface area contributed by atoms with Crippen molar-refractivity contribution in [1.82, 2.24) is 0 Å². The normalized spacial score (nSPS) is 15.9. The van der Waals surface area contributed by atoms with E-state index in [0.717, 1.165) is 38.5 Å². The molecule has 0 heterocycles. The molecule has 0 bridgehead atoms. The van der Waals surface area contributed by atoms with Gasteiger partial charge in [-0.15, -0.1) is 0 Å². The maximum atomic E-state index is 11.3. The molecule has 0 unspecified atom stereocenters. The van der Waals surface area contributed by atoms with E-state index >= 15 is 0 Å². The first-order valence-electron chi connectivity index (χ1n) is 10.5. The molecular formula is C24H38O2. The molecule has 2 nitrogen and oxygen atoms in total. The van der Waals surface area contributed by atoms with Gasteiger partial charge in [0.25, 0.3) is 0 Å². The molecule has 1 aromatic carbocycles. The predicted molar refractivity (Wildman–Crippen MR) is 110 cm³/mol. The smallest absolute Gasteiger partial charge is 0.309 e. The summed E-state index contributed by atoms with van der Waals surface area (Å²) in [6.07, 6.45) is 10.8. The average molecular weight is 359 g/mol. The number of carbonyl (C=O) groups is 1. The molecule has 0 aliphatic heterocycles. The Morgan fingerprint density at radius 1 is 0.962 bits per heavy atom. The van der Waals surface area contributed by atoms with Gasteiger partial charge in [-0.05, 0) is 92.9 Å². The molecule has 1 aliphatic carbocycles. The van der Waals surface area contributed by atoms with Gasteiger partial charge in [0, 0.05) is 0 Å². The lowest BCUT2D eigenvalue weighted by atomic mass is 9.88. The molecule has 1 aliphatic rings. The van der Waals surface area contributed by atoms with Gasteiger partial charge >= 0.3 is 5.97 Å². The monoisotopic (exact) mass is 358 g/mol. The first kappa shape index (κ1) is 21.0. The zero-order valence-corrected chi connectivity index (χ0v) is 17.6. The van der Waals surface area contributed by atoms with E-state index in [0.29, 0.717) is 5.41 Å². The van der Waals surface area contributed by atoms with E-state index in [1.807, 2.05) is 0 Å². The molecule has 1 saturated carbocycles. The molecule has 2 rings (SSSR count). The molecule has 0 radical (unpaired) electrons. The number of hydrogen-bond donors (Lipinski definition) is 1. The van der Waals surface area contributed by atoms with Crippen LogP contribution in [0.1, 0.15) is 94.4 Å². The minimum atomic E-state index is -0.580. The van der Waals surface area contributed by atoms with Crippen LogP contribution in [0, 0.1) is 24.7 Å². The fourth-order valence-electron chi connectivity index (χ4n) is 3.87. The summed E-state index contributed by atoms with van der Waals surface area (Å²) in [6, 6.07) is 4.76. The van der Waals surface area contributed by atoms with Crippen molar-refractivity contribution in [3.63, 3.8) is 0 Å². The number of unbranched alkanes of at least 4 members (excludes halogenated alkanes) is 2. The first-order chi connectivity index (χ1) is 12.1. The second kappa shape index (κ2) is 8.59. The fraction of sp³-hybridized carbons (Fsp3) is 0.708. The number of hydrogen-bond acceptors (Lipinski definition) is 1. The average Bonchev–Trinajstić information content (AvgIpc) is 3.32. The maximum Gasteiger partial charge on any atom is 0.309 e. The molecule has 0 atom stereocenters. The van der Waals surface area contributed by atoms with Crippen molar-refractivity contribution >= 4 is 5.97 Å². The van der Waals surface area contributed by atoms with Crippen LogP contribution < -0.4 is 0 Å². The van der Waals surface area contributed by atoms with E-state index in [1.165, 1.54) is 47.9 Å². The SMILES string of the molecule is Cc1cc(CCCCC(C)(C)C)c(CCCCC2(C(=O)O)CC2)cc1C. The Balaban J connectivity index is 1.87. The van der Waals surface area contributed by atoms with Gasteiger partial charge in [0.1, 0.15) is 0 Å². The highest BCUT2D eigenvalue weighted by atomic mass is 16.4. The Hall–Kier alpha value is -1.31. The lowest BCUT2D eigenvalue weighted by molar-refractivity contribution is -0.143. The van der Waals surface area contributed by atoms with Crippen molar-refractivity contribution in [2.24, 2.45) is 10.8 Å². The van der Waals surface area contributed by atoms with Crippen LogP contribution in [0.5, 0.6) is 0 Å². The van der Waals surface area contributed by atoms with E-state index in [4.69, 9.17) is 0 Å². The van der Waals surface area contributed by atoms with Crippen LogP contribution in [0.15, 0.2) is 12.1 Å². The van der Waals surface area contributed by atoms with Gasteiger partial charge in [-0.25, -0.2) is 0 Å². The Kier molecular flexibility index (Phi) is 6.93. The molecule has 0 spiro atoms. The first-order valence-corrected chi connectivity index (χ1v) is 10.5. The Labute approximate surface area is 160 Å². The number of benzene rings is 1. The van der Waals surface area contributed by atoms with Crippen molar-refractivity contribution in [3.8, 4) is 0 Å². The molecular weight excluding hydrogens is 320 g/mol. The summed E-state index contributed by atoms with van der Waals surface area (Å²) in [7, 11) is 0. The van der Waals surface area contributed by atoms with Gasteiger partial charge in [0.05, 0.1) is 5.41 Å². The summed E-state index contributed by atoms with van der Waals surface area (Å²) in [5.41, 5.74) is 5.84. The third-order valence-corrected chi connectivity index (χ3v) is 6.10. The molecule has 146 valence electrons. The highest BCUT2D eigenvalue weighted by Gasteiger charge is 2.49. The number of rotatable bonds is 10. The zero-order valence-electron chi connectivity index (χ0n) is 17.6. The van der Waals surface area contributed by atoms with Crippen LogP contribution in [0.25, 0.3) is 0 Å². The summed E-state index contributed by atoms with van der Waals surface area (Å²) in [5, 5.41) is 9.31. The van der Waals surface area contributed by atoms with E-state index in [-0.39, 0.29) is 5.41 Å². The second-order valence-electron chi connectivity index (χ2n) is 9.77. The Morgan fingerprint density at radius 2 is 1.46 bits per heavy atom. The quantitative estimate of drug-likeness (QED) is 0.476. The van der Waals surface area contributed by atoms with Gasteiger partial charge in [-0.3, -0.25) is 4.79 Å². The zero-order chi connectivity index (χ0) is 19.4. The number of aryl methyl sites for hydroxylation is 4. The van der Waals surface area contributed by atoms with Crippen LogP contribution >= 0.6 is 0 Å². The topological polar surface area (TPSA) is 37.3 Å². The van der Waals surface area contributed by atoms with Crippen molar-refractivity contribution in [2.45, 2.75) is 98.8 Å². The fourth-order valence-corrected chi connectivity index (χ4v) is 3.87. The molecule has 2 heteroatoms. The molecule has 0 amide bonds. The molecule has 1 fully saturated rings. The standard InChI is InChI=1S/C24H38O2/c1-18-16-20(10-6-8-12-23(3,4)5)21(17-19(18)2)11-7-9-13-24(14-15-24)22(25)26/h16-17H,6-15H2,1-5H3,(H,25,26). The summed E-state index contributed by atoms with van der Waals surface area (Å²) in [5.74, 6) is -0.580. The number of aliphatic carboxylic acids is 1. The van der Waals surface area contributed by atoms with E-state index in [2.05, 4.69) is 46.8 Å². The maximum absolute atomic E-state index is 11.3. The minimum Gasteiger partial charge on any atom is -0.481 e. The predicted octanol–water partition coefficient (Wildman–Crippen LogP) is 6.64. The van der Waals surface area contributed by atoms with Crippen molar-refractivity contribution < 1.29 is 9.90 Å². The molecule has 26 heavy (non-hydrogen) atoms. The van der Waals surface area contributed by atoms with Gasteiger partial charge in [-0.2, -0.15) is 0 Å². The molecule has 0 aromatic heterocycles. The van der Waals surface area contributed by atoms with Crippen molar-refractivity contribution in [3.05, 3.63) is 34.4 Å². The van der Waals surface area contributed by atoms with Gasteiger partial charge in [0.15, 0.2) is 0 Å². The van der Waals surface area contributed by atoms with Crippen LogP contribution in [0.3, 0.4) is 0 Å². The summed E-state index contributed by atoms with van der Waals surface area (Å²) < 4.78 is 0. The highest BCUT2D eigenvalue weighted by Crippen LogP contribution is 2.50. The van der Waals surface area contributed by atoms with Gasteiger partial charge in [-0.1, -0.05) is 45.7 Å².